The molecule has 0 aromatic carbocycles. The Balaban J connectivity index is 1.47. The summed E-state index contributed by atoms with van der Waals surface area (Å²) >= 11 is 1.78. The summed E-state index contributed by atoms with van der Waals surface area (Å²) in [6.45, 7) is 4.65. The summed E-state index contributed by atoms with van der Waals surface area (Å²) in [5.41, 5.74) is 5.55. The minimum atomic E-state index is 0.105. The molecule has 6 nitrogen and oxygen atoms in total. The van der Waals surface area contributed by atoms with E-state index in [0.717, 1.165) is 32.7 Å². The highest BCUT2D eigenvalue weighted by Crippen LogP contribution is 2.13. The van der Waals surface area contributed by atoms with E-state index in [1.54, 1.807) is 28.3 Å². The van der Waals surface area contributed by atoms with Crippen LogP contribution >= 0.6 is 11.3 Å². The van der Waals surface area contributed by atoms with E-state index in [2.05, 4.69) is 27.5 Å². The van der Waals surface area contributed by atoms with Gasteiger partial charge in [-0.3, -0.25) is 14.4 Å². The van der Waals surface area contributed by atoms with Crippen LogP contribution in [0.25, 0.3) is 0 Å². The minimum absolute atomic E-state index is 0.105. The Labute approximate surface area is 127 Å². The van der Waals surface area contributed by atoms with Gasteiger partial charge in [0, 0.05) is 43.8 Å². The molecule has 112 valence electrons. The number of rotatable bonds is 4. The van der Waals surface area contributed by atoms with Crippen LogP contribution in [-0.4, -0.2) is 51.7 Å². The third-order valence-electron chi connectivity index (χ3n) is 3.64. The van der Waals surface area contributed by atoms with Gasteiger partial charge in [0.1, 0.15) is 12.4 Å². The average molecular weight is 305 g/mol. The maximum atomic E-state index is 12.2. The van der Waals surface area contributed by atoms with Crippen molar-refractivity contribution in [3.05, 3.63) is 34.7 Å². The number of carbonyl (C=O) groups excluding carboxylic acids is 1. The molecule has 0 bridgehead atoms. The summed E-state index contributed by atoms with van der Waals surface area (Å²) in [5.74, 6) is 0.553. The van der Waals surface area contributed by atoms with Crippen LogP contribution in [0, 0.1) is 0 Å². The number of carbonyl (C=O) groups is 1. The Kier molecular flexibility index (Phi) is 4.21. The van der Waals surface area contributed by atoms with Crippen molar-refractivity contribution in [1.82, 2.24) is 19.6 Å². The SMILES string of the molecule is Nc1ccn(CC(=O)N2CCN(Cc3cccs3)CC2)n1. The normalized spacial score (nSPS) is 16.3. The van der Waals surface area contributed by atoms with E-state index in [1.807, 2.05) is 4.90 Å². The molecule has 7 heteroatoms. The number of hydrogen-bond acceptors (Lipinski definition) is 5. The van der Waals surface area contributed by atoms with Gasteiger partial charge in [-0.25, -0.2) is 0 Å². The molecule has 1 saturated heterocycles. The molecule has 21 heavy (non-hydrogen) atoms. The lowest BCUT2D eigenvalue weighted by atomic mass is 10.3. The Morgan fingerprint density at radius 1 is 1.29 bits per heavy atom. The van der Waals surface area contributed by atoms with Gasteiger partial charge in [0.2, 0.25) is 5.91 Å². The van der Waals surface area contributed by atoms with Crippen molar-refractivity contribution in [3.63, 3.8) is 0 Å². The second-order valence-corrected chi connectivity index (χ2v) is 6.21. The molecule has 1 amide bonds. The van der Waals surface area contributed by atoms with Gasteiger partial charge in [0.15, 0.2) is 0 Å². The highest BCUT2D eigenvalue weighted by Gasteiger charge is 2.21. The van der Waals surface area contributed by atoms with Crippen LogP contribution in [0.1, 0.15) is 4.88 Å². The number of nitrogen functional groups attached to an aromatic ring is 1. The minimum Gasteiger partial charge on any atom is -0.382 e. The molecule has 0 radical (unpaired) electrons. The first-order valence-corrected chi connectivity index (χ1v) is 7.90. The Morgan fingerprint density at radius 3 is 2.71 bits per heavy atom. The van der Waals surface area contributed by atoms with Crippen molar-refractivity contribution >= 4 is 23.1 Å². The number of aromatic nitrogens is 2. The summed E-state index contributed by atoms with van der Waals surface area (Å²) < 4.78 is 1.59. The van der Waals surface area contributed by atoms with Gasteiger partial charge >= 0.3 is 0 Å². The highest BCUT2D eigenvalue weighted by molar-refractivity contribution is 7.09. The number of thiophene rings is 1. The molecule has 0 aliphatic carbocycles. The first kappa shape index (κ1) is 14.1. The van der Waals surface area contributed by atoms with E-state index >= 15 is 0 Å². The predicted octanol–water partition coefficient (Wildman–Crippen LogP) is 0.871. The molecule has 3 rings (SSSR count). The van der Waals surface area contributed by atoms with E-state index in [-0.39, 0.29) is 12.5 Å². The second kappa shape index (κ2) is 6.28. The van der Waals surface area contributed by atoms with Crippen LogP contribution in [0.3, 0.4) is 0 Å². The fraction of sp³-hybridized carbons (Fsp3) is 0.429. The standard InChI is InChI=1S/C14H19N5OS/c15-13-3-4-19(16-13)11-14(20)18-7-5-17(6-8-18)10-12-2-1-9-21-12/h1-4,9H,5-8,10-11H2,(H2,15,16). The highest BCUT2D eigenvalue weighted by atomic mass is 32.1. The molecule has 1 fully saturated rings. The summed E-state index contributed by atoms with van der Waals surface area (Å²) in [7, 11) is 0. The van der Waals surface area contributed by atoms with Gasteiger partial charge in [0.05, 0.1) is 0 Å². The lowest BCUT2D eigenvalue weighted by Gasteiger charge is -2.34. The number of nitrogens with two attached hydrogens (primary N) is 1. The van der Waals surface area contributed by atoms with Crippen LogP contribution in [0.2, 0.25) is 0 Å². The zero-order valence-corrected chi connectivity index (χ0v) is 12.6. The van der Waals surface area contributed by atoms with Gasteiger partial charge in [-0.2, -0.15) is 5.10 Å². The van der Waals surface area contributed by atoms with Crippen LogP contribution in [-0.2, 0) is 17.9 Å². The van der Waals surface area contributed by atoms with Crippen LogP contribution in [0.5, 0.6) is 0 Å². The van der Waals surface area contributed by atoms with Crippen molar-refractivity contribution < 1.29 is 4.79 Å². The fourth-order valence-corrected chi connectivity index (χ4v) is 3.23. The lowest BCUT2D eigenvalue weighted by molar-refractivity contribution is -0.133. The third kappa shape index (κ3) is 3.62. The Bertz CT molecular complexity index is 586. The van der Waals surface area contributed by atoms with E-state index in [1.165, 1.54) is 4.88 Å². The molecule has 2 aromatic rings. The molecule has 1 aliphatic heterocycles. The maximum absolute atomic E-state index is 12.2. The van der Waals surface area contributed by atoms with Gasteiger partial charge < -0.3 is 10.6 Å². The van der Waals surface area contributed by atoms with Crippen LogP contribution in [0.4, 0.5) is 5.82 Å². The molecular formula is C14H19N5OS. The van der Waals surface area contributed by atoms with Gasteiger partial charge in [-0.1, -0.05) is 6.07 Å². The van der Waals surface area contributed by atoms with Crippen LogP contribution in [0.15, 0.2) is 29.8 Å². The van der Waals surface area contributed by atoms with Crippen molar-refractivity contribution in [2.45, 2.75) is 13.1 Å². The van der Waals surface area contributed by atoms with Gasteiger partial charge in [-0.15, -0.1) is 11.3 Å². The second-order valence-electron chi connectivity index (χ2n) is 5.17. The van der Waals surface area contributed by atoms with E-state index < -0.39 is 0 Å². The summed E-state index contributed by atoms with van der Waals surface area (Å²) in [6.07, 6.45) is 1.74. The zero-order chi connectivity index (χ0) is 14.7. The summed E-state index contributed by atoms with van der Waals surface area (Å²) in [4.78, 5) is 17.9. The largest absolute Gasteiger partial charge is 0.382 e. The van der Waals surface area contributed by atoms with E-state index in [0.29, 0.717) is 5.82 Å². The molecular weight excluding hydrogens is 286 g/mol. The number of amides is 1. The number of piperazine rings is 1. The molecule has 2 aromatic heterocycles. The van der Waals surface area contributed by atoms with Crippen molar-refractivity contribution in [2.24, 2.45) is 0 Å². The zero-order valence-electron chi connectivity index (χ0n) is 11.8. The summed E-state index contributed by atoms with van der Waals surface area (Å²) in [5, 5.41) is 6.15. The molecule has 0 unspecified atom stereocenters. The first-order chi connectivity index (χ1) is 10.2. The maximum Gasteiger partial charge on any atom is 0.244 e. The van der Waals surface area contributed by atoms with Gasteiger partial charge in [-0.05, 0) is 17.5 Å². The predicted molar refractivity (Wildman–Crippen MR) is 82.8 cm³/mol. The van der Waals surface area contributed by atoms with Crippen molar-refractivity contribution in [3.8, 4) is 0 Å². The topological polar surface area (TPSA) is 67.4 Å². The van der Waals surface area contributed by atoms with Crippen molar-refractivity contribution in [2.75, 3.05) is 31.9 Å². The molecule has 2 N–H and O–H groups in total. The number of anilines is 1. The molecule has 0 spiro atoms. The van der Waals surface area contributed by atoms with Gasteiger partial charge in [0.25, 0.3) is 0 Å². The molecule has 0 saturated carbocycles. The summed E-state index contributed by atoms with van der Waals surface area (Å²) in [6, 6.07) is 5.94. The molecule has 0 atom stereocenters. The first-order valence-electron chi connectivity index (χ1n) is 7.02. The fourth-order valence-electron chi connectivity index (χ4n) is 2.48. The van der Waals surface area contributed by atoms with E-state index in [4.69, 9.17) is 5.73 Å². The third-order valence-corrected chi connectivity index (χ3v) is 4.50. The average Bonchev–Trinajstić information content (AvgIpc) is 3.12. The van der Waals surface area contributed by atoms with Crippen molar-refractivity contribution in [1.29, 1.82) is 0 Å². The monoisotopic (exact) mass is 305 g/mol. The smallest absolute Gasteiger partial charge is 0.244 e. The lowest BCUT2D eigenvalue weighted by Crippen LogP contribution is -2.49. The van der Waals surface area contributed by atoms with E-state index in [9.17, 15) is 4.79 Å². The number of hydrogen-bond donors (Lipinski definition) is 1. The number of nitrogens with zero attached hydrogens (tertiary/aromatic N) is 4. The molecule has 3 heterocycles. The molecule has 1 aliphatic rings. The Morgan fingerprint density at radius 2 is 2.10 bits per heavy atom. The quantitative estimate of drug-likeness (QED) is 0.910. The Hall–Kier alpha value is -1.86. The van der Waals surface area contributed by atoms with Crippen LogP contribution < -0.4 is 5.73 Å².